The number of nitrogens with one attached hydrogen (secondary N) is 1. The second kappa shape index (κ2) is 9.78. The van der Waals surface area contributed by atoms with E-state index in [-0.39, 0.29) is 31.7 Å². The third kappa shape index (κ3) is 12.0. The Morgan fingerprint density at radius 2 is 1.94 bits per heavy atom. The third-order valence-electron chi connectivity index (χ3n) is 1.83. The minimum Gasteiger partial charge on any atom is -0.394 e. The first kappa shape index (κ1) is 16.8. The summed E-state index contributed by atoms with van der Waals surface area (Å²) in [6.45, 7) is 4.97. The van der Waals surface area contributed by atoms with E-state index in [1.807, 2.05) is 13.8 Å². The van der Waals surface area contributed by atoms with Crippen LogP contribution in [0.15, 0.2) is 0 Å². The molecule has 0 bridgehead atoms. The molecule has 0 aliphatic rings. The summed E-state index contributed by atoms with van der Waals surface area (Å²) >= 11 is 0. The molecule has 0 unspecified atom stereocenters. The van der Waals surface area contributed by atoms with Gasteiger partial charge in [0, 0.05) is 13.2 Å². The van der Waals surface area contributed by atoms with Crippen LogP contribution in [-0.2, 0) is 19.5 Å². The Morgan fingerprint density at radius 3 is 2.53 bits per heavy atom. The molecule has 0 aromatic rings. The van der Waals surface area contributed by atoms with Crippen LogP contribution in [-0.4, -0.2) is 58.4 Å². The molecule has 104 valence electrons. The largest absolute Gasteiger partial charge is 0.394 e. The molecule has 0 radical (unpaired) electrons. The van der Waals surface area contributed by atoms with Gasteiger partial charge in [0.2, 0.25) is 10.0 Å². The second-order valence-electron chi connectivity index (χ2n) is 3.82. The van der Waals surface area contributed by atoms with Crippen molar-refractivity contribution < 1.29 is 23.0 Å². The summed E-state index contributed by atoms with van der Waals surface area (Å²) in [5.74, 6) is -0.0251. The van der Waals surface area contributed by atoms with Crippen molar-refractivity contribution >= 4 is 10.0 Å². The summed E-state index contributed by atoms with van der Waals surface area (Å²) < 4.78 is 35.5. The van der Waals surface area contributed by atoms with Crippen LogP contribution in [0.5, 0.6) is 0 Å². The van der Waals surface area contributed by atoms with Gasteiger partial charge in [0.15, 0.2) is 0 Å². The molecular formula is C10H23NO5S. The molecule has 7 heteroatoms. The summed E-state index contributed by atoms with van der Waals surface area (Å²) in [6.07, 6.45) is 0.627. The quantitative estimate of drug-likeness (QED) is 0.504. The van der Waals surface area contributed by atoms with Crippen LogP contribution in [0.4, 0.5) is 0 Å². The molecule has 0 aliphatic heterocycles. The number of rotatable bonds is 11. The number of ether oxygens (including phenoxy) is 2. The molecule has 6 nitrogen and oxygen atoms in total. The highest BCUT2D eigenvalue weighted by Crippen LogP contribution is 1.91. The van der Waals surface area contributed by atoms with Gasteiger partial charge in [-0.2, -0.15) is 0 Å². The molecule has 0 aromatic carbocycles. The fourth-order valence-electron chi connectivity index (χ4n) is 1.03. The van der Waals surface area contributed by atoms with Crippen LogP contribution in [0.3, 0.4) is 0 Å². The Kier molecular flexibility index (Phi) is 9.66. The SMILES string of the molecule is CC(C)OCCS(=O)(=O)NCCCOCCO. The summed E-state index contributed by atoms with van der Waals surface area (Å²) in [5, 5.41) is 8.44. The van der Waals surface area contributed by atoms with Gasteiger partial charge >= 0.3 is 0 Å². The normalized spacial score (nSPS) is 12.2. The highest BCUT2D eigenvalue weighted by molar-refractivity contribution is 7.89. The maximum absolute atomic E-state index is 11.4. The van der Waals surface area contributed by atoms with Crippen LogP contribution in [0.25, 0.3) is 0 Å². The molecule has 0 spiro atoms. The number of aliphatic hydroxyl groups excluding tert-OH is 1. The molecule has 0 amide bonds. The van der Waals surface area contributed by atoms with Crippen molar-refractivity contribution in [3.8, 4) is 0 Å². The Labute approximate surface area is 103 Å². The Bertz CT molecular complexity index is 266. The molecule has 0 saturated heterocycles. The van der Waals surface area contributed by atoms with Crippen LogP contribution >= 0.6 is 0 Å². The lowest BCUT2D eigenvalue weighted by molar-refractivity contribution is 0.0903. The fourth-order valence-corrected chi connectivity index (χ4v) is 1.95. The van der Waals surface area contributed by atoms with Crippen LogP contribution in [0.1, 0.15) is 20.3 Å². The maximum Gasteiger partial charge on any atom is 0.213 e. The van der Waals surface area contributed by atoms with Gasteiger partial charge in [-0.15, -0.1) is 0 Å². The molecule has 0 fully saturated rings. The van der Waals surface area contributed by atoms with E-state index in [1.165, 1.54) is 0 Å². The van der Waals surface area contributed by atoms with Gasteiger partial charge < -0.3 is 14.6 Å². The smallest absolute Gasteiger partial charge is 0.213 e. The fraction of sp³-hybridized carbons (Fsp3) is 1.00. The summed E-state index contributed by atoms with van der Waals surface area (Å²) in [6, 6.07) is 0. The van der Waals surface area contributed by atoms with Crippen LogP contribution in [0, 0.1) is 0 Å². The minimum atomic E-state index is -3.25. The summed E-state index contributed by atoms with van der Waals surface area (Å²) in [4.78, 5) is 0. The van der Waals surface area contributed by atoms with Crippen molar-refractivity contribution in [2.24, 2.45) is 0 Å². The number of hydrogen-bond acceptors (Lipinski definition) is 5. The van der Waals surface area contributed by atoms with E-state index in [2.05, 4.69) is 4.72 Å². The zero-order valence-corrected chi connectivity index (χ0v) is 11.3. The third-order valence-corrected chi connectivity index (χ3v) is 3.17. The second-order valence-corrected chi connectivity index (χ2v) is 5.75. The molecular weight excluding hydrogens is 246 g/mol. The first-order valence-corrected chi connectivity index (χ1v) is 7.40. The minimum absolute atomic E-state index is 0.0156. The Morgan fingerprint density at radius 1 is 1.24 bits per heavy atom. The first-order chi connectivity index (χ1) is 7.98. The molecule has 17 heavy (non-hydrogen) atoms. The highest BCUT2D eigenvalue weighted by atomic mass is 32.2. The van der Waals surface area contributed by atoms with Crippen molar-refractivity contribution in [3.63, 3.8) is 0 Å². The number of hydrogen-bond donors (Lipinski definition) is 2. The Hall–Kier alpha value is -0.210. The van der Waals surface area contributed by atoms with Crippen LogP contribution in [0.2, 0.25) is 0 Å². The van der Waals surface area contributed by atoms with E-state index >= 15 is 0 Å². The molecule has 0 saturated carbocycles. The van der Waals surface area contributed by atoms with E-state index < -0.39 is 10.0 Å². The summed E-state index contributed by atoms with van der Waals surface area (Å²) in [7, 11) is -3.25. The number of aliphatic hydroxyl groups is 1. The molecule has 0 rings (SSSR count). The lowest BCUT2D eigenvalue weighted by Crippen LogP contribution is -2.30. The van der Waals surface area contributed by atoms with E-state index in [0.29, 0.717) is 19.6 Å². The van der Waals surface area contributed by atoms with Crippen molar-refractivity contribution in [1.29, 1.82) is 0 Å². The first-order valence-electron chi connectivity index (χ1n) is 5.75. The predicted octanol–water partition coefficient (Wildman–Crippen LogP) is -0.270. The Balaban J connectivity index is 3.51. The van der Waals surface area contributed by atoms with E-state index in [0.717, 1.165) is 0 Å². The monoisotopic (exact) mass is 269 g/mol. The van der Waals surface area contributed by atoms with Gasteiger partial charge in [0.1, 0.15) is 0 Å². The van der Waals surface area contributed by atoms with Gasteiger partial charge in [0.05, 0.1) is 31.7 Å². The van der Waals surface area contributed by atoms with Gasteiger partial charge in [0.25, 0.3) is 0 Å². The average Bonchev–Trinajstić information content (AvgIpc) is 2.22. The highest BCUT2D eigenvalue weighted by Gasteiger charge is 2.09. The van der Waals surface area contributed by atoms with Gasteiger partial charge in [-0.1, -0.05) is 0 Å². The van der Waals surface area contributed by atoms with Crippen molar-refractivity contribution in [1.82, 2.24) is 4.72 Å². The number of sulfonamides is 1. The standard InChI is InChI=1S/C10H23NO5S/c1-10(2)16-8-9-17(13,14)11-4-3-6-15-7-5-12/h10-12H,3-9H2,1-2H3. The van der Waals surface area contributed by atoms with Gasteiger partial charge in [-0.05, 0) is 20.3 Å². The lowest BCUT2D eigenvalue weighted by atomic mass is 10.5. The molecule has 0 aliphatic carbocycles. The summed E-state index contributed by atoms with van der Waals surface area (Å²) in [5.41, 5.74) is 0. The van der Waals surface area contributed by atoms with E-state index in [1.54, 1.807) is 0 Å². The van der Waals surface area contributed by atoms with Crippen molar-refractivity contribution in [2.45, 2.75) is 26.4 Å². The van der Waals surface area contributed by atoms with Gasteiger partial charge in [-0.3, -0.25) is 0 Å². The van der Waals surface area contributed by atoms with Crippen LogP contribution < -0.4 is 4.72 Å². The predicted molar refractivity (Wildman–Crippen MR) is 65.4 cm³/mol. The molecule has 0 atom stereocenters. The van der Waals surface area contributed by atoms with E-state index in [9.17, 15) is 8.42 Å². The topological polar surface area (TPSA) is 84.9 Å². The van der Waals surface area contributed by atoms with E-state index in [4.69, 9.17) is 14.6 Å². The molecule has 0 heterocycles. The van der Waals surface area contributed by atoms with Crippen molar-refractivity contribution in [3.05, 3.63) is 0 Å². The maximum atomic E-state index is 11.4. The lowest BCUT2D eigenvalue weighted by Gasteiger charge is -2.09. The van der Waals surface area contributed by atoms with Gasteiger partial charge in [-0.25, -0.2) is 13.1 Å². The average molecular weight is 269 g/mol. The van der Waals surface area contributed by atoms with Crippen molar-refractivity contribution in [2.75, 3.05) is 38.7 Å². The zero-order chi connectivity index (χ0) is 13.1. The zero-order valence-electron chi connectivity index (χ0n) is 10.5. The molecule has 0 aromatic heterocycles. The molecule has 2 N–H and O–H groups in total.